The summed E-state index contributed by atoms with van der Waals surface area (Å²) < 4.78 is 9.59. The van der Waals surface area contributed by atoms with Gasteiger partial charge in [0.2, 0.25) is 0 Å². The number of nitrogens with one attached hydrogen (secondary N) is 1. The number of esters is 1. The Labute approximate surface area is 110 Å². The van der Waals surface area contributed by atoms with Crippen molar-refractivity contribution in [1.29, 1.82) is 0 Å². The maximum atomic E-state index is 11.8. The minimum absolute atomic E-state index is 0.168. The van der Waals surface area contributed by atoms with Crippen LogP contribution < -0.4 is 5.32 Å². The second-order valence-electron chi connectivity index (χ2n) is 3.88. The molecule has 1 aromatic carbocycles. The lowest BCUT2D eigenvalue weighted by Crippen LogP contribution is -2.11. The number of ether oxygens (including phenoxy) is 1. The van der Waals surface area contributed by atoms with Crippen LogP contribution in [0.2, 0.25) is 0 Å². The number of amides is 1. The summed E-state index contributed by atoms with van der Waals surface area (Å²) in [4.78, 5) is 22.9. The van der Waals surface area contributed by atoms with Crippen molar-refractivity contribution in [2.24, 2.45) is 0 Å². The first-order valence-corrected chi connectivity index (χ1v) is 5.69. The zero-order chi connectivity index (χ0) is 13.7. The molecule has 0 bridgehead atoms. The van der Waals surface area contributed by atoms with E-state index in [4.69, 9.17) is 4.42 Å². The monoisotopic (exact) mass is 259 g/mol. The van der Waals surface area contributed by atoms with Gasteiger partial charge in [-0.2, -0.15) is 0 Å². The van der Waals surface area contributed by atoms with Crippen LogP contribution in [0.15, 0.2) is 47.1 Å². The highest BCUT2D eigenvalue weighted by Gasteiger charge is 2.09. The fraction of sp³-hybridized carbons (Fsp3) is 0.143. The highest BCUT2D eigenvalue weighted by Crippen LogP contribution is 2.13. The maximum absolute atomic E-state index is 11.8. The molecule has 0 aliphatic heterocycles. The maximum Gasteiger partial charge on any atom is 0.309 e. The van der Waals surface area contributed by atoms with E-state index in [0.29, 0.717) is 5.69 Å². The fourth-order valence-electron chi connectivity index (χ4n) is 1.60. The van der Waals surface area contributed by atoms with Gasteiger partial charge >= 0.3 is 5.97 Å². The van der Waals surface area contributed by atoms with Gasteiger partial charge in [-0.1, -0.05) is 12.1 Å². The molecule has 1 N–H and O–H groups in total. The summed E-state index contributed by atoms with van der Waals surface area (Å²) in [7, 11) is 1.34. The summed E-state index contributed by atoms with van der Waals surface area (Å²) in [6, 6.07) is 10.2. The standard InChI is InChI=1S/C14H13NO4/c1-18-13(16)9-10-4-2-5-11(8-10)15-14(17)12-6-3-7-19-12/h2-8H,9H2,1H3,(H,15,17). The van der Waals surface area contributed by atoms with Gasteiger partial charge < -0.3 is 14.5 Å². The van der Waals surface area contributed by atoms with E-state index < -0.39 is 0 Å². The van der Waals surface area contributed by atoms with Gasteiger partial charge in [-0.3, -0.25) is 9.59 Å². The van der Waals surface area contributed by atoms with Crippen LogP contribution in [0, 0.1) is 0 Å². The lowest BCUT2D eigenvalue weighted by molar-refractivity contribution is -0.139. The van der Waals surface area contributed by atoms with Gasteiger partial charge in [0, 0.05) is 5.69 Å². The van der Waals surface area contributed by atoms with Crippen molar-refractivity contribution in [3.63, 3.8) is 0 Å². The molecule has 2 rings (SSSR count). The second kappa shape index (κ2) is 5.86. The van der Waals surface area contributed by atoms with E-state index in [0.717, 1.165) is 5.56 Å². The van der Waals surface area contributed by atoms with Crippen LogP contribution in [0.5, 0.6) is 0 Å². The van der Waals surface area contributed by atoms with Crippen molar-refractivity contribution < 1.29 is 18.7 Å². The summed E-state index contributed by atoms with van der Waals surface area (Å²) in [6.07, 6.45) is 1.60. The van der Waals surface area contributed by atoms with Crippen molar-refractivity contribution in [3.8, 4) is 0 Å². The number of anilines is 1. The summed E-state index contributed by atoms with van der Waals surface area (Å²) in [5.41, 5.74) is 1.37. The van der Waals surface area contributed by atoms with E-state index in [1.807, 2.05) is 0 Å². The molecule has 0 aliphatic rings. The van der Waals surface area contributed by atoms with Gasteiger partial charge in [0.1, 0.15) is 0 Å². The van der Waals surface area contributed by atoms with E-state index in [-0.39, 0.29) is 24.1 Å². The predicted octanol–water partition coefficient (Wildman–Crippen LogP) is 2.25. The molecule has 0 unspecified atom stereocenters. The van der Waals surface area contributed by atoms with Crippen LogP contribution in [0.3, 0.4) is 0 Å². The highest BCUT2D eigenvalue weighted by atomic mass is 16.5. The number of benzene rings is 1. The molecule has 19 heavy (non-hydrogen) atoms. The third-order valence-corrected chi connectivity index (χ3v) is 2.51. The molecule has 1 heterocycles. The third kappa shape index (κ3) is 3.45. The van der Waals surface area contributed by atoms with Gasteiger partial charge in [0.25, 0.3) is 5.91 Å². The number of hydrogen-bond acceptors (Lipinski definition) is 4. The van der Waals surface area contributed by atoms with Crippen LogP contribution in [-0.2, 0) is 16.0 Å². The van der Waals surface area contributed by atoms with Gasteiger partial charge in [-0.25, -0.2) is 0 Å². The molecule has 5 nitrogen and oxygen atoms in total. The van der Waals surface area contributed by atoms with E-state index >= 15 is 0 Å². The number of methoxy groups -OCH3 is 1. The van der Waals surface area contributed by atoms with Crippen LogP contribution >= 0.6 is 0 Å². The Morgan fingerprint density at radius 1 is 1.26 bits per heavy atom. The SMILES string of the molecule is COC(=O)Cc1cccc(NC(=O)c2ccco2)c1. The highest BCUT2D eigenvalue weighted by molar-refractivity contribution is 6.02. The van der Waals surface area contributed by atoms with Gasteiger partial charge in [-0.05, 0) is 29.8 Å². The molecule has 0 saturated carbocycles. The van der Waals surface area contributed by atoms with Gasteiger partial charge in [-0.15, -0.1) is 0 Å². The van der Waals surface area contributed by atoms with Crippen LogP contribution in [0.4, 0.5) is 5.69 Å². The molecule has 0 radical (unpaired) electrons. The first-order valence-electron chi connectivity index (χ1n) is 5.69. The number of hydrogen-bond donors (Lipinski definition) is 1. The lowest BCUT2D eigenvalue weighted by Gasteiger charge is -2.05. The largest absolute Gasteiger partial charge is 0.469 e. The number of carbonyl (C=O) groups excluding carboxylic acids is 2. The van der Waals surface area contributed by atoms with Crippen LogP contribution in [0.1, 0.15) is 16.1 Å². The summed E-state index contributed by atoms with van der Waals surface area (Å²) in [5, 5.41) is 2.69. The quantitative estimate of drug-likeness (QED) is 0.855. The van der Waals surface area contributed by atoms with Crippen molar-refractivity contribution in [2.45, 2.75) is 6.42 Å². The van der Waals surface area contributed by atoms with Crippen molar-refractivity contribution >= 4 is 17.6 Å². The molecule has 2 aromatic rings. The number of rotatable bonds is 4. The van der Waals surface area contributed by atoms with Crippen molar-refractivity contribution in [3.05, 3.63) is 54.0 Å². The molecule has 0 spiro atoms. The molecule has 98 valence electrons. The Balaban J connectivity index is 2.07. The molecular weight excluding hydrogens is 246 g/mol. The average Bonchev–Trinajstić information content (AvgIpc) is 2.93. The summed E-state index contributed by atoms with van der Waals surface area (Å²) in [5.74, 6) is -0.423. The molecule has 1 amide bonds. The first kappa shape index (κ1) is 12.9. The number of carbonyl (C=O) groups is 2. The minimum Gasteiger partial charge on any atom is -0.469 e. The topological polar surface area (TPSA) is 68.5 Å². The smallest absolute Gasteiger partial charge is 0.309 e. The molecular formula is C14H13NO4. The second-order valence-corrected chi connectivity index (χ2v) is 3.88. The zero-order valence-corrected chi connectivity index (χ0v) is 10.4. The van der Waals surface area contributed by atoms with Gasteiger partial charge in [0.05, 0.1) is 19.8 Å². The Morgan fingerprint density at radius 3 is 2.79 bits per heavy atom. The van der Waals surface area contributed by atoms with E-state index in [1.165, 1.54) is 13.4 Å². The number of furan rings is 1. The van der Waals surface area contributed by atoms with E-state index in [1.54, 1.807) is 36.4 Å². The molecule has 0 fully saturated rings. The lowest BCUT2D eigenvalue weighted by atomic mass is 10.1. The Bertz CT molecular complexity index is 575. The normalized spacial score (nSPS) is 9.95. The molecule has 0 saturated heterocycles. The average molecular weight is 259 g/mol. The van der Waals surface area contributed by atoms with Crippen LogP contribution in [0.25, 0.3) is 0 Å². The fourth-order valence-corrected chi connectivity index (χ4v) is 1.60. The summed E-state index contributed by atoms with van der Waals surface area (Å²) in [6.45, 7) is 0. The van der Waals surface area contributed by atoms with Gasteiger partial charge in [0.15, 0.2) is 5.76 Å². The zero-order valence-electron chi connectivity index (χ0n) is 10.4. The van der Waals surface area contributed by atoms with Crippen molar-refractivity contribution in [2.75, 3.05) is 12.4 Å². The minimum atomic E-state index is -0.333. The van der Waals surface area contributed by atoms with Crippen molar-refractivity contribution in [1.82, 2.24) is 0 Å². The van der Waals surface area contributed by atoms with E-state index in [9.17, 15) is 9.59 Å². The molecule has 0 atom stereocenters. The first-order chi connectivity index (χ1) is 9.19. The van der Waals surface area contributed by atoms with E-state index in [2.05, 4.69) is 10.1 Å². The Hall–Kier alpha value is -2.56. The van der Waals surface area contributed by atoms with Crippen LogP contribution in [-0.4, -0.2) is 19.0 Å². The molecule has 1 aromatic heterocycles. The third-order valence-electron chi connectivity index (χ3n) is 2.51. The summed E-state index contributed by atoms with van der Waals surface area (Å²) >= 11 is 0. The Kier molecular flexibility index (Phi) is 3.97. The Morgan fingerprint density at radius 2 is 2.11 bits per heavy atom. The predicted molar refractivity (Wildman–Crippen MR) is 68.8 cm³/mol. The molecule has 5 heteroatoms. The molecule has 0 aliphatic carbocycles.